The van der Waals surface area contributed by atoms with Gasteiger partial charge in [-0.15, -0.1) is 11.3 Å². The van der Waals surface area contributed by atoms with Crippen molar-refractivity contribution in [3.63, 3.8) is 0 Å². The number of nitrogens with one attached hydrogen (secondary N) is 1. The highest BCUT2D eigenvalue weighted by atomic mass is 32.1. The predicted molar refractivity (Wildman–Crippen MR) is 87.4 cm³/mol. The number of carbonyl (C=O) groups excluding carboxylic acids is 3. The lowest BCUT2D eigenvalue weighted by molar-refractivity contribution is -0.123. The number of primary amides is 1. The Labute approximate surface area is 138 Å². The molecule has 126 valence electrons. The maximum Gasteiger partial charge on any atom is 0.409 e. The van der Waals surface area contributed by atoms with Gasteiger partial charge in [0, 0.05) is 16.8 Å². The Kier molecular flexibility index (Phi) is 4.65. The van der Waals surface area contributed by atoms with Crippen LogP contribution in [0.4, 0.5) is 9.80 Å². The second-order valence-electron chi connectivity index (χ2n) is 6.42. The Hall–Kier alpha value is -2.09. The van der Waals surface area contributed by atoms with E-state index in [1.54, 1.807) is 25.7 Å². The fourth-order valence-corrected chi connectivity index (χ4v) is 3.59. The van der Waals surface area contributed by atoms with E-state index in [0.29, 0.717) is 30.1 Å². The van der Waals surface area contributed by atoms with Crippen LogP contribution in [0.3, 0.4) is 0 Å². The van der Waals surface area contributed by atoms with Gasteiger partial charge in [0.15, 0.2) is 0 Å². The van der Waals surface area contributed by atoms with Crippen LogP contribution in [0.1, 0.15) is 41.6 Å². The maximum atomic E-state index is 12.2. The third-order valence-corrected chi connectivity index (χ3v) is 4.78. The first-order valence-electron chi connectivity index (χ1n) is 7.23. The van der Waals surface area contributed by atoms with Gasteiger partial charge in [-0.2, -0.15) is 0 Å². The zero-order chi connectivity index (χ0) is 17.4. The van der Waals surface area contributed by atoms with Crippen LogP contribution in [0.2, 0.25) is 0 Å². The molecule has 0 radical (unpaired) electrons. The van der Waals surface area contributed by atoms with Crippen LogP contribution in [0, 0.1) is 5.41 Å². The lowest BCUT2D eigenvalue weighted by Crippen LogP contribution is -2.35. The highest BCUT2D eigenvalue weighted by Crippen LogP contribution is 2.37. The smallest absolute Gasteiger partial charge is 0.409 e. The van der Waals surface area contributed by atoms with Gasteiger partial charge in [0.1, 0.15) is 5.00 Å². The molecule has 0 bridgehead atoms. The lowest BCUT2D eigenvalue weighted by atomic mass is 9.95. The molecule has 3 N–H and O–H groups in total. The Balaban J connectivity index is 2.35. The molecule has 0 spiro atoms. The molecular weight excluding hydrogens is 318 g/mol. The minimum atomic E-state index is -0.586. The quantitative estimate of drug-likeness (QED) is 0.860. The number of anilines is 1. The monoisotopic (exact) mass is 339 g/mol. The number of rotatable bonds is 2. The topological polar surface area (TPSA) is 102 Å². The van der Waals surface area contributed by atoms with Gasteiger partial charge in [-0.1, -0.05) is 20.8 Å². The number of thiophene rings is 1. The SMILES string of the molecule is COC(=O)N1CCc2c(sc(NC(=O)C(C)(C)C)c2C(N)=O)C1. The average molecular weight is 339 g/mol. The summed E-state index contributed by atoms with van der Waals surface area (Å²) in [7, 11) is 1.33. The highest BCUT2D eigenvalue weighted by molar-refractivity contribution is 7.17. The molecule has 1 aromatic heterocycles. The Morgan fingerprint density at radius 3 is 2.48 bits per heavy atom. The van der Waals surface area contributed by atoms with Crippen molar-refractivity contribution in [2.24, 2.45) is 11.1 Å². The molecule has 3 amide bonds. The molecule has 0 atom stereocenters. The number of hydrogen-bond acceptors (Lipinski definition) is 5. The molecule has 1 aliphatic heterocycles. The Morgan fingerprint density at radius 2 is 1.96 bits per heavy atom. The summed E-state index contributed by atoms with van der Waals surface area (Å²) < 4.78 is 4.73. The van der Waals surface area contributed by atoms with E-state index < -0.39 is 17.4 Å². The number of nitrogens with zero attached hydrogens (tertiary/aromatic N) is 1. The summed E-state index contributed by atoms with van der Waals surface area (Å²) in [6, 6.07) is 0. The van der Waals surface area contributed by atoms with Crippen molar-refractivity contribution in [1.29, 1.82) is 0 Å². The first kappa shape index (κ1) is 17.3. The second kappa shape index (κ2) is 6.19. The molecule has 0 saturated heterocycles. The van der Waals surface area contributed by atoms with Gasteiger partial charge >= 0.3 is 6.09 Å². The van der Waals surface area contributed by atoms with Gasteiger partial charge in [0.05, 0.1) is 19.2 Å². The van der Waals surface area contributed by atoms with Gasteiger partial charge < -0.3 is 20.7 Å². The van der Waals surface area contributed by atoms with Crippen molar-refractivity contribution in [3.05, 3.63) is 16.0 Å². The molecule has 1 aromatic rings. The summed E-state index contributed by atoms with van der Waals surface area (Å²) in [6.07, 6.45) is 0.0925. The van der Waals surface area contributed by atoms with E-state index in [9.17, 15) is 14.4 Å². The van der Waals surface area contributed by atoms with Gasteiger partial charge in [0.2, 0.25) is 5.91 Å². The summed E-state index contributed by atoms with van der Waals surface area (Å²) in [5, 5.41) is 3.24. The van der Waals surface area contributed by atoms with Gasteiger partial charge in [-0.25, -0.2) is 4.79 Å². The largest absolute Gasteiger partial charge is 0.453 e. The van der Waals surface area contributed by atoms with E-state index in [0.717, 1.165) is 10.4 Å². The highest BCUT2D eigenvalue weighted by Gasteiger charge is 2.31. The van der Waals surface area contributed by atoms with Crippen LogP contribution in [-0.4, -0.2) is 36.5 Å². The van der Waals surface area contributed by atoms with E-state index in [4.69, 9.17) is 10.5 Å². The number of methoxy groups -OCH3 is 1. The van der Waals surface area contributed by atoms with Gasteiger partial charge in [-0.3, -0.25) is 9.59 Å². The van der Waals surface area contributed by atoms with E-state index in [2.05, 4.69) is 5.32 Å². The zero-order valence-corrected chi connectivity index (χ0v) is 14.5. The Morgan fingerprint density at radius 1 is 1.30 bits per heavy atom. The summed E-state index contributed by atoms with van der Waals surface area (Å²) in [5.74, 6) is -0.762. The fourth-order valence-electron chi connectivity index (χ4n) is 2.33. The molecule has 0 aliphatic carbocycles. The first-order chi connectivity index (χ1) is 10.6. The maximum absolute atomic E-state index is 12.2. The number of nitrogens with two attached hydrogens (primary N) is 1. The standard InChI is InChI=1S/C15H21N3O4S/c1-15(2,3)13(20)17-12-10(11(16)19)8-5-6-18(14(21)22-4)7-9(8)23-12/h5-7H2,1-4H3,(H2,16,19)(H,17,20). The molecule has 23 heavy (non-hydrogen) atoms. The number of hydrogen-bond donors (Lipinski definition) is 2. The summed E-state index contributed by atoms with van der Waals surface area (Å²) in [5.41, 5.74) is 6.08. The van der Waals surface area contributed by atoms with E-state index in [1.807, 2.05) is 0 Å². The molecule has 2 rings (SSSR count). The van der Waals surface area contributed by atoms with Gasteiger partial charge in [0.25, 0.3) is 5.91 Å². The molecule has 0 aromatic carbocycles. The van der Waals surface area contributed by atoms with Crippen molar-refractivity contribution in [2.45, 2.75) is 33.7 Å². The minimum Gasteiger partial charge on any atom is -0.453 e. The molecule has 7 nitrogen and oxygen atoms in total. The number of fused-ring (bicyclic) bond motifs is 1. The normalized spacial score (nSPS) is 14.2. The Bertz CT molecular complexity index is 660. The third kappa shape index (κ3) is 3.47. The minimum absolute atomic E-state index is 0.191. The van der Waals surface area contributed by atoms with Crippen LogP contribution in [0.15, 0.2) is 0 Å². The number of carbonyl (C=O) groups is 3. The van der Waals surface area contributed by atoms with Crippen molar-refractivity contribution in [1.82, 2.24) is 4.90 Å². The van der Waals surface area contributed by atoms with Crippen LogP contribution in [0.5, 0.6) is 0 Å². The third-order valence-electron chi connectivity index (χ3n) is 3.64. The second-order valence-corrected chi connectivity index (χ2v) is 7.52. The summed E-state index contributed by atoms with van der Waals surface area (Å²) >= 11 is 1.28. The molecular formula is C15H21N3O4S. The zero-order valence-electron chi connectivity index (χ0n) is 13.7. The van der Waals surface area contributed by atoms with Crippen LogP contribution in [0.25, 0.3) is 0 Å². The van der Waals surface area contributed by atoms with Crippen molar-refractivity contribution < 1.29 is 19.1 Å². The molecule has 2 heterocycles. The van der Waals surface area contributed by atoms with E-state index in [-0.39, 0.29) is 5.91 Å². The predicted octanol–water partition coefficient (Wildman–Crippen LogP) is 1.96. The summed E-state index contributed by atoms with van der Waals surface area (Å²) in [6.45, 7) is 6.16. The van der Waals surface area contributed by atoms with Crippen LogP contribution >= 0.6 is 11.3 Å². The first-order valence-corrected chi connectivity index (χ1v) is 8.05. The fraction of sp³-hybridized carbons (Fsp3) is 0.533. The van der Waals surface area contributed by atoms with E-state index >= 15 is 0 Å². The number of ether oxygens (including phenoxy) is 1. The molecule has 8 heteroatoms. The number of amides is 3. The molecule has 1 aliphatic rings. The van der Waals surface area contributed by atoms with Crippen LogP contribution in [-0.2, 0) is 22.5 Å². The van der Waals surface area contributed by atoms with E-state index in [1.165, 1.54) is 18.4 Å². The van der Waals surface area contributed by atoms with Crippen LogP contribution < -0.4 is 11.1 Å². The van der Waals surface area contributed by atoms with Crippen molar-refractivity contribution >= 4 is 34.2 Å². The lowest BCUT2D eigenvalue weighted by Gasteiger charge is -2.25. The van der Waals surface area contributed by atoms with Crippen molar-refractivity contribution in [2.75, 3.05) is 19.0 Å². The molecule has 0 fully saturated rings. The average Bonchev–Trinajstić information content (AvgIpc) is 2.82. The summed E-state index contributed by atoms with van der Waals surface area (Å²) in [4.78, 5) is 38.1. The van der Waals surface area contributed by atoms with Gasteiger partial charge in [-0.05, 0) is 12.0 Å². The molecule has 0 unspecified atom stereocenters. The van der Waals surface area contributed by atoms with Crippen molar-refractivity contribution in [3.8, 4) is 0 Å². The molecule has 0 saturated carbocycles.